The van der Waals surface area contributed by atoms with Crippen molar-refractivity contribution in [2.24, 2.45) is 0 Å². The highest BCUT2D eigenvalue weighted by Crippen LogP contribution is 2.22. The van der Waals surface area contributed by atoms with Crippen LogP contribution in [0.5, 0.6) is 11.5 Å². The summed E-state index contributed by atoms with van der Waals surface area (Å²) in [5.41, 5.74) is 0. The van der Waals surface area contributed by atoms with Gasteiger partial charge in [0.1, 0.15) is 18.1 Å². The van der Waals surface area contributed by atoms with E-state index in [1.54, 1.807) is 43.3 Å². The van der Waals surface area contributed by atoms with Gasteiger partial charge in [0, 0.05) is 13.1 Å². The van der Waals surface area contributed by atoms with Gasteiger partial charge in [-0.1, -0.05) is 18.2 Å². The molecule has 29 heavy (non-hydrogen) atoms. The van der Waals surface area contributed by atoms with Crippen LogP contribution in [0.25, 0.3) is 0 Å². The Kier molecular flexibility index (Phi) is 7.11. The third-order valence-electron chi connectivity index (χ3n) is 4.62. The molecule has 1 heterocycles. The second-order valence-corrected chi connectivity index (χ2v) is 8.73. The number of ether oxygens (including phenoxy) is 2. The molecule has 0 aliphatic carbocycles. The molecular weight excluding hydrogens is 392 g/mol. The zero-order chi connectivity index (χ0) is 20.7. The molecule has 8 heteroatoms. The third-order valence-corrected chi connectivity index (χ3v) is 6.53. The molecule has 1 aliphatic heterocycles. The van der Waals surface area contributed by atoms with E-state index in [1.807, 2.05) is 18.2 Å². The van der Waals surface area contributed by atoms with Gasteiger partial charge in [-0.25, -0.2) is 8.42 Å². The number of nitrogens with one attached hydrogen (secondary N) is 1. The zero-order valence-electron chi connectivity index (χ0n) is 16.4. The molecule has 7 nitrogen and oxygen atoms in total. The summed E-state index contributed by atoms with van der Waals surface area (Å²) in [4.78, 5) is 12.3. The quantitative estimate of drug-likeness (QED) is 0.632. The Morgan fingerprint density at radius 1 is 1.03 bits per heavy atom. The molecule has 1 aliphatic rings. The molecule has 0 radical (unpaired) electrons. The van der Waals surface area contributed by atoms with Crippen molar-refractivity contribution in [3.05, 3.63) is 54.6 Å². The maximum atomic E-state index is 12.5. The monoisotopic (exact) mass is 418 g/mol. The SMILES string of the molecule is C[C@H](Oc1ccccc1)C(=O)NCCOc1ccc(S(=O)(=O)N2CCCC2)cc1. The van der Waals surface area contributed by atoms with E-state index in [2.05, 4.69) is 5.32 Å². The van der Waals surface area contributed by atoms with Crippen molar-refractivity contribution in [1.29, 1.82) is 0 Å². The lowest BCUT2D eigenvalue weighted by molar-refractivity contribution is -0.127. The van der Waals surface area contributed by atoms with Crippen LogP contribution in [0.2, 0.25) is 0 Å². The molecule has 0 unspecified atom stereocenters. The van der Waals surface area contributed by atoms with Crippen LogP contribution in [0.4, 0.5) is 0 Å². The summed E-state index contributed by atoms with van der Waals surface area (Å²) in [6.07, 6.45) is 1.19. The second kappa shape index (κ2) is 9.76. The second-order valence-electron chi connectivity index (χ2n) is 6.80. The van der Waals surface area contributed by atoms with Gasteiger partial charge in [0.2, 0.25) is 10.0 Å². The normalized spacial score (nSPS) is 15.6. The summed E-state index contributed by atoms with van der Waals surface area (Å²) in [7, 11) is -3.42. The molecule has 0 saturated carbocycles. The molecule has 0 bridgehead atoms. The number of amides is 1. The summed E-state index contributed by atoms with van der Waals surface area (Å²) >= 11 is 0. The Bertz CT molecular complexity index is 894. The van der Waals surface area contributed by atoms with Crippen molar-refractivity contribution >= 4 is 15.9 Å². The number of carbonyl (C=O) groups is 1. The highest BCUT2D eigenvalue weighted by molar-refractivity contribution is 7.89. The van der Waals surface area contributed by atoms with Crippen molar-refractivity contribution in [2.45, 2.75) is 30.8 Å². The van der Waals surface area contributed by atoms with E-state index in [-0.39, 0.29) is 17.4 Å². The van der Waals surface area contributed by atoms with E-state index in [0.717, 1.165) is 12.8 Å². The minimum absolute atomic E-state index is 0.232. The van der Waals surface area contributed by atoms with Crippen LogP contribution < -0.4 is 14.8 Å². The Labute approximate surface area is 171 Å². The van der Waals surface area contributed by atoms with Gasteiger partial charge in [0.25, 0.3) is 5.91 Å². The Hall–Kier alpha value is -2.58. The highest BCUT2D eigenvalue weighted by Gasteiger charge is 2.26. The maximum absolute atomic E-state index is 12.5. The smallest absolute Gasteiger partial charge is 0.260 e. The predicted molar refractivity (Wildman–Crippen MR) is 109 cm³/mol. The zero-order valence-corrected chi connectivity index (χ0v) is 17.2. The fourth-order valence-electron chi connectivity index (χ4n) is 3.03. The van der Waals surface area contributed by atoms with E-state index < -0.39 is 16.1 Å². The van der Waals surface area contributed by atoms with E-state index in [1.165, 1.54) is 4.31 Å². The number of para-hydroxylation sites is 1. The summed E-state index contributed by atoms with van der Waals surface area (Å²) in [6, 6.07) is 15.5. The number of hydrogen-bond donors (Lipinski definition) is 1. The van der Waals surface area contributed by atoms with E-state index >= 15 is 0 Å². The predicted octanol–water partition coefficient (Wildman–Crippen LogP) is 2.43. The average molecular weight is 419 g/mol. The molecule has 0 aromatic heterocycles. The van der Waals surface area contributed by atoms with Crippen LogP contribution in [0.1, 0.15) is 19.8 Å². The molecule has 1 atom stereocenters. The third kappa shape index (κ3) is 5.71. The fraction of sp³-hybridized carbons (Fsp3) is 0.381. The van der Waals surface area contributed by atoms with Gasteiger partial charge in [-0.15, -0.1) is 0 Å². The molecule has 156 valence electrons. The summed E-state index contributed by atoms with van der Waals surface area (Å²) < 4.78 is 37.7. The van der Waals surface area contributed by atoms with Gasteiger partial charge < -0.3 is 14.8 Å². The number of sulfonamides is 1. The lowest BCUT2D eigenvalue weighted by Gasteiger charge is -2.16. The first-order valence-electron chi connectivity index (χ1n) is 9.69. The van der Waals surface area contributed by atoms with Gasteiger partial charge in [-0.05, 0) is 56.2 Å². The van der Waals surface area contributed by atoms with Crippen molar-refractivity contribution < 1.29 is 22.7 Å². The van der Waals surface area contributed by atoms with Crippen LogP contribution in [0, 0.1) is 0 Å². The first-order valence-corrected chi connectivity index (χ1v) is 11.1. The molecule has 2 aromatic rings. The van der Waals surface area contributed by atoms with Crippen LogP contribution in [0.15, 0.2) is 59.5 Å². The molecule has 1 amide bonds. The molecule has 3 rings (SSSR count). The van der Waals surface area contributed by atoms with Crippen molar-refractivity contribution in [3.8, 4) is 11.5 Å². The van der Waals surface area contributed by atoms with E-state index in [4.69, 9.17) is 9.47 Å². The van der Waals surface area contributed by atoms with Gasteiger partial charge in [0.15, 0.2) is 6.10 Å². The number of benzene rings is 2. The molecular formula is C21H26N2O5S. The summed E-state index contributed by atoms with van der Waals surface area (Å²) in [5, 5.41) is 2.75. The number of hydrogen-bond acceptors (Lipinski definition) is 5. The van der Waals surface area contributed by atoms with Crippen molar-refractivity contribution in [3.63, 3.8) is 0 Å². The largest absolute Gasteiger partial charge is 0.492 e. The maximum Gasteiger partial charge on any atom is 0.260 e. The standard InChI is InChI=1S/C21H26N2O5S/c1-17(28-19-7-3-2-4-8-19)21(24)22-13-16-27-18-9-11-20(12-10-18)29(25,26)23-14-5-6-15-23/h2-4,7-12,17H,5-6,13-16H2,1H3,(H,22,24)/t17-/m0/s1. The molecule has 2 aromatic carbocycles. The van der Waals surface area contributed by atoms with Gasteiger partial charge in [-0.2, -0.15) is 4.31 Å². The highest BCUT2D eigenvalue weighted by atomic mass is 32.2. The Morgan fingerprint density at radius 2 is 1.69 bits per heavy atom. The summed E-state index contributed by atoms with van der Waals surface area (Å²) in [6.45, 7) is 3.42. The first-order chi connectivity index (χ1) is 14.0. The van der Waals surface area contributed by atoms with Crippen LogP contribution >= 0.6 is 0 Å². The first kappa shape index (κ1) is 21.1. The van der Waals surface area contributed by atoms with Crippen LogP contribution in [0.3, 0.4) is 0 Å². The lowest BCUT2D eigenvalue weighted by atomic mass is 10.3. The van der Waals surface area contributed by atoms with E-state index in [9.17, 15) is 13.2 Å². The van der Waals surface area contributed by atoms with Gasteiger partial charge in [-0.3, -0.25) is 4.79 Å². The number of carbonyl (C=O) groups excluding carboxylic acids is 1. The van der Waals surface area contributed by atoms with Crippen LogP contribution in [-0.4, -0.2) is 51.0 Å². The lowest BCUT2D eigenvalue weighted by Crippen LogP contribution is -2.38. The number of rotatable bonds is 9. The molecule has 1 N–H and O–H groups in total. The minimum atomic E-state index is -3.42. The Balaban J connectivity index is 1.42. The summed E-state index contributed by atoms with van der Waals surface area (Å²) in [5.74, 6) is 0.952. The van der Waals surface area contributed by atoms with Gasteiger partial charge >= 0.3 is 0 Å². The minimum Gasteiger partial charge on any atom is -0.492 e. The molecule has 1 saturated heterocycles. The Morgan fingerprint density at radius 3 is 2.34 bits per heavy atom. The molecule has 1 fully saturated rings. The fourth-order valence-corrected chi connectivity index (χ4v) is 4.55. The van der Waals surface area contributed by atoms with Gasteiger partial charge in [0.05, 0.1) is 11.4 Å². The topological polar surface area (TPSA) is 84.9 Å². The van der Waals surface area contributed by atoms with Crippen LogP contribution in [-0.2, 0) is 14.8 Å². The molecule has 0 spiro atoms. The van der Waals surface area contributed by atoms with E-state index in [0.29, 0.717) is 31.1 Å². The average Bonchev–Trinajstić information content (AvgIpc) is 3.28. The number of nitrogens with zero attached hydrogens (tertiary/aromatic N) is 1. The van der Waals surface area contributed by atoms with Crippen molar-refractivity contribution in [1.82, 2.24) is 9.62 Å². The van der Waals surface area contributed by atoms with Crippen molar-refractivity contribution in [2.75, 3.05) is 26.2 Å².